The van der Waals surface area contributed by atoms with Crippen molar-refractivity contribution in [2.45, 2.75) is 43.7 Å². The molecule has 31 heavy (non-hydrogen) atoms. The van der Waals surface area contributed by atoms with Crippen molar-refractivity contribution in [2.75, 3.05) is 4.31 Å². The maximum Gasteiger partial charge on any atom is 0.264 e. The molecular formula is C23H25ClN2O4S. The van der Waals surface area contributed by atoms with E-state index in [2.05, 4.69) is 4.98 Å². The van der Waals surface area contributed by atoms with Gasteiger partial charge >= 0.3 is 0 Å². The Morgan fingerprint density at radius 3 is 2.19 bits per heavy atom. The summed E-state index contributed by atoms with van der Waals surface area (Å²) in [6, 6.07) is 15.6. The highest BCUT2D eigenvalue weighted by atomic mass is 35.5. The number of rotatable bonds is 5. The second-order valence-corrected chi connectivity index (χ2v) is 10.7. The van der Waals surface area contributed by atoms with Crippen LogP contribution in [0.1, 0.15) is 38.8 Å². The minimum Gasteiger partial charge on any atom is -0.381 e. The summed E-state index contributed by atoms with van der Waals surface area (Å²) < 4.78 is 28.7. The molecule has 0 aliphatic heterocycles. The fourth-order valence-corrected chi connectivity index (χ4v) is 5.55. The van der Waals surface area contributed by atoms with Crippen LogP contribution in [-0.4, -0.2) is 24.0 Å². The van der Waals surface area contributed by atoms with E-state index in [0.717, 1.165) is 0 Å². The number of H-pyrrole nitrogens is 1. The van der Waals surface area contributed by atoms with E-state index in [-0.39, 0.29) is 21.7 Å². The molecule has 1 aromatic heterocycles. The summed E-state index contributed by atoms with van der Waals surface area (Å²) in [6.07, 6.45) is 1.43. The summed E-state index contributed by atoms with van der Waals surface area (Å²) in [7, 11) is -3.99. The van der Waals surface area contributed by atoms with Crippen molar-refractivity contribution in [3.8, 4) is 0 Å². The van der Waals surface area contributed by atoms with E-state index in [9.17, 15) is 18.3 Å². The smallest absolute Gasteiger partial charge is 0.264 e. The Kier molecular flexibility index (Phi) is 6.06. The number of sulfonamides is 1. The van der Waals surface area contributed by atoms with Gasteiger partial charge in [0.05, 0.1) is 10.6 Å². The summed E-state index contributed by atoms with van der Waals surface area (Å²) in [5, 5.41) is 11.8. The van der Waals surface area contributed by atoms with Gasteiger partial charge in [0.2, 0.25) is 5.56 Å². The zero-order chi connectivity index (χ0) is 23.0. The van der Waals surface area contributed by atoms with Gasteiger partial charge < -0.3 is 10.1 Å². The van der Waals surface area contributed by atoms with Gasteiger partial charge in [0.15, 0.2) is 0 Å². The van der Waals surface area contributed by atoms with Gasteiger partial charge in [-0.05, 0) is 69.7 Å². The molecule has 1 heterocycles. The van der Waals surface area contributed by atoms with Crippen LogP contribution in [0, 0.1) is 0 Å². The first-order chi connectivity index (χ1) is 14.3. The number of pyridine rings is 1. The third-order valence-electron chi connectivity index (χ3n) is 4.93. The van der Waals surface area contributed by atoms with Gasteiger partial charge in [0.25, 0.3) is 10.0 Å². The molecule has 164 valence electrons. The lowest BCUT2D eigenvalue weighted by atomic mass is 9.87. The van der Waals surface area contributed by atoms with Gasteiger partial charge in [-0.2, -0.15) is 0 Å². The normalized spacial score (nSPS) is 14.1. The van der Waals surface area contributed by atoms with E-state index in [1.807, 2.05) is 0 Å². The first-order valence-corrected chi connectivity index (χ1v) is 11.5. The van der Waals surface area contributed by atoms with E-state index < -0.39 is 21.2 Å². The standard InChI is InChI=1S/C23H25ClN2O4S/c1-22(2,3)26(31(29,30)18-8-6-5-7-9-18)20-11-10-17(24)15-19(20)23(4,28)16-12-13-25-21(27)14-16/h5-15,28H,1-4H3,(H,25,27). The van der Waals surface area contributed by atoms with Gasteiger partial charge in [0.1, 0.15) is 5.60 Å². The minimum absolute atomic E-state index is 0.127. The molecule has 0 fully saturated rings. The van der Waals surface area contributed by atoms with Crippen LogP contribution in [0.25, 0.3) is 0 Å². The molecule has 0 aliphatic carbocycles. The van der Waals surface area contributed by atoms with Gasteiger partial charge in [-0.25, -0.2) is 8.42 Å². The van der Waals surface area contributed by atoms with Crippen LogP contribution in [0.5, 0.6) is 0 Å². The maximum atomic E-state index is 13.7. The van der Waals surface area contributed by atoms with Crippen molar-refractivity contribution in [2.24, 2.45) is 0 Å². The molecule has 0 bridgehead atoms. The topological polar surface area (TPSA) is 90.5 Å². The molecule has 2 N–H and O–H groups in total. The van der Waals surface area contributed by atoms with Crippen molar-refractivity contribution < 1.29 is 13.5 Å². The summed E-state index contributed by atoms with van der Waals surface area (Å²) in [5.41, 5.74) is -2.10. The zero-order valence-corrected chi connectivity index (χ0v) is 19.3. The Hall–Kier alpha value is -2.61. The first-order valence-electron chi connectivity index (χ1n) is 9.67. The fourth-order valence-electron chi connectivity index (χ4n) is 3.53. The van der Waals surface area contributed by atoms with Gasteiger partial charge in [-0.1, -0.05) is 29.8 Å². The van der Waals surface area contributed by atoms with Gasteiger partial charge in [-0.15, -0.1) is 0 Å². The second kappa shape index (κ2) is 8.15. The lowest BCUT2D eigenvalue weighted by Gasteiger charge is -2.39. The molecule has 3 aromatic rings. The zero-order valence-electron chi connectivity index (χ0n) is 17.8. The molecule has 2 aromatic carbocycles. The summed E-state index contributed by atoms with van der Waals surface area (Å²) in [5.74, 6) is 0. The highest BCUT2D eigenvalue weighted by Gasteiger charge is 2.39. The molecule has 0 spiro atoms. The van der Waals surface area contributed by atoms with E-state index in [1.54, 1.807) is 57.2 Å². The number of nitrogens with one attached hydrogen (secondary N) is 1. The van der Waals surface area contributed by atoms with Crippen molar-refractivity contribution >= 4 is 27.3 Å². The van der Waals surface area contributed by atoms with Crippen LogP contribution >= 0.6 is 11.6 Å². The van der Waals surface area contributed by atoms with Crippen LogP contribution in [0.2, 0.25) is 5.02 Å². The molecule has 8 heteroatoms. The molecular weight excluding hydrogens is 436 g/mol. The highest BCUT2D eigenvalue weighted by molar-refractivity contribution is 7.93. The molecule has 0 amide bonds. The van der Waals surface area contributed by atoms with Gasteiger partial charge in [-0.3, -0.25) is 9.10 Å². The van der Waals surface area contributed by atoms with E-state index in [1.165, 1.54) is 41.7 Å². The molecule has 1 unspecified atom stereocenters. The third-order valence-corrected chi connectivity index (χ3v) is 7.26. The molecule has 3 rings (SSSR count). The van der Waals surface area contributed by atoms with Crippen LogP contribution < -0.4 is 9.86 Å². The average molecular weight is 461 g/mol. The summed E-state index contributed by atoms with van der Waals surface area (Å²) in [6.45, 7) is 6.82. The number of hydrogen-bond donors (Lipinski definition) is 2. The van der Waals surface area contributed by atoms with Crippen LogP contribution in [0.3, 0.4) is 0 Å². The SMILES string of the molecule is CC(O)(c1cc[nH]c(=O)c1)c1cc(Cl)ccc1N(C(C)(C)C)S(=O)(=O)c1ccccc1. The third kappa shape index (κ3) is 4.54. The fraction of sp³-hybridized carbons (Fsp3) is 0.261. The number of anilines is 1. The molecule has 1 atom stereocenters. The number of benzene rings is 2. The molecule has 0 radical (unpaired) electrons. The van der Waals surface area contributed by atoms with Crippen molar-refractivity contribution in [1.29, 1.82) is 0 Å². The second-order valence-electron chi connectivity index (χ2n) is 8.43. The Bertz CT molecular complexity index is 1250. The average Bonchev–Trinajstić information content (AvgIpc) is 2.68. The van der Waals surface area contributed by atoms with Crippen LogP contribution in [0.4, 0.5) is 5.69 Å². The van der Waals surface area contributed by atoms with Crippen molar-refractivity contribution in [1.82, 2.24) is 4.98 Å². The minimum atomic E-state index is -3.99. The molecule has 0 aliphatic rings. The summed E-state index contributed by atoms with van der Waals surface area (Å²) in [4.78, 5) is 14.5. The number of nitrogens with zero attached hydrogens (tertiary/aromatic N) is 1. The van der Waals surface area contributed by atoms with Gasteiger partial charge in [0, 0.05) is 28.4 Å². The number of hydrogen-bond acceptors (Lipinski definition) is 4. The van der Waals surface area contributed by atoms with E-state index >= 15 is 0 Å². The number of halogens is 1. The van der Waals surface area contributed by atoms with E-state index in [4.69, 9.17) is 11.6 Å². The lowest BCUT2D eigenvalue weighted by Crippen LogP contribution is -2.47. The van der Waals surface area contributed by atoms with Crippen molar-refractivity contribution in [3.05, 3.63) is 93.4 Å². The summed E-state index contributed by atoms with van der Waals surface area (Å²) >= 11 is 6.24. The largest absolute Gasteiger partial charge is 0.381 e. The van der Waals surface area contributed by atoms with Crippen LogP contribution in [-0.2, 0) is 15.6 Å². The Morgan fingerprint density at radius 1 is 0.968 bits per heavy atom. The predicted octanol–water partition coefficient (Wildman–Crippen LogP) is 4.28. The number of aromatic nitrogens is 1. The highest BCUT2D eigenvalue weighted by Crippen LogP contribution is 2.41. The van der Waals surface area contributed by atoms with Crippen LogP contribution in [0.15, 0.2) is 76.6 Å². The molecule has 0 saturated heterocycles. The monoisotopic (exact) mass is 460 g/mol. The lowest BCUT2D eigenvalue weighted by molar-refractivity contribution is 0.102. The predicted molar refractivity (Wildman–Crippen MR) is 123 cm³/mol. The van der Waals surface area contributed by atoms with Crippen molar-refractivity contribution in [3.63, 3.8) is 0 Å². The molecule has 6 nitrogen and oxygen atoms in total. The number of aliphatic hydroxyl groups is 1. The Labute approximate surface area is 187 Å². The van der Waals surface area contributed by atoms with E-state index in [0.29, 0.717) is 10.6 Å². The number of aromatic amines is 1. The Morgan fingerprint density at radius 2 is 1.61 bits per heavy atom. The first kappa shape index (κ1) is 23.1. The quantitative estimate of drug-likeness (QED) is 0.594. The Balaban J connectivity index is 2.32. The maximum absolute atomic E-state index is 13.7. The molecule has 0 saturated carbocycles.